The number of nitrogens with zero attached hydrogens (tertiary/aromatic N) is 4. The van der Waals surface area contributed by atoms with E-state index < -0.39 is 11.7 Å². The van der Waals surface area contributed by atoms with Crippen molar-refractivity contribution < 1.29 is 18.4 Å². The van der Waals surface area contributed by atoms with Crippen molar-refractivity contribution in [3.05, 3.63) is 124 Å². The Morgan fingerprint density at radius 3 is 2.16 bits per heavy atom. The summed E-state index contributed by atoms with van der Waals surface area (Å²) in [6.45, 7) is 4.25. The molecule has 4 heterocycles. The summed E-state index contributed by atoms with van der Waals surface area (Å²) < 4.78 is 28.8. The molecule has 8 nitrogen and oxygen atoms in total. The van der Waals surface area contributed by atoms with Gasteiger partial charge in [-0.25, -0.2) is 8.78 Å². The Kier molecular flexibility index (Phi) is 7.56. The van der Waals surface area contributed by atoms with Crippen LogP contribution in [-0.4, -0.2) is 60.5 Å². The number of hydrogen-bond donors (Lipinski definition) is 1. The zero-order valence-corrected chi connectivity index (χ0v) is 24.7. The maximum Gasteiger partial charge on any atom is 0.255 e. The summed E-state index contributed by atoms with van der Waals surface area (Å²) in [5, 5.41) is 3.00. The van der Waals surface area contributed by atoms with E-state index in [9.17, 15) is 23.2 Å². The highest BCUT2D eigenvalue weighted by Crippen LogP contribution is 2.39. The highest BCUT2D eigenvalue weighted by atomic mass is 19.1. The molecule has 2 bridgehead atoms. The van der Waals surface area contributed by atoms with Gasteiger partial charge >= 0.3 is 0 Å². The Balaban J connectivity index is 1.15. The van der Waals surface area contributed by atoms with Gasteiger partial charge in [-0.2, -0.15) is 0 Å². The van der Waals surface area contributed by atoms with E-state index in [1.165, 1.54) is 36.4 Å². The highest BCUT2D eigenvalue weighted by Gasteiger charge is 2.35. The molecule has 45 heavy (non-hydrogen) atoms. The predicted molar refractivity (Wildman–Crippen MR) is 169 cm³/mol. The van der Waals surface area contributed by atoms with Crippen LogP contribution in [0.15, 0.2) is 89.7 Å². The van der Waals surface area contributed by atoms with E-state index in [1.54, 1.807) is 35.2 Å². The monoisotopic (exact) mass is 609 g/mol. The standard InChI is InChI=1S/C35H33F2N5O3/c36-27-7-4-24(5-8-27)34(44)38-30-19-25(35(45)40-16-14-39(15-17-40)29-11-9-28(37)10-12-29)6-13-32(30)41-20-23-18-26(22-41)31-2-1-3-33(43)42(31)21-23/h1-13,19,23,26H,14-18,20-22H2,(H,38,44)/t23-,26+/m1/s1. The highest BCUT2D eigenvalue weighted by molar-refractivity contribution is 6.07. The molecule has 3 aliphatic heterocycles. The number of hydrogen-bond acceptors (Lipinski definition) is 5. The van der Waals surface area contributed by atoms with Gasteiger partial charge in [-0.05, 0) is 85.1 Å². The van der Waals surface area contributed by atoms with E-state index in [2.05, 4.69) is 15.1 Å². The lowest BCUT2D eigenvalue weighted by atomic mass is 9.83. The van der Waals surface area contributed by atoms with Crippen LogP contribution in [0.4, 0.5) is 25.8 Å². The number of carbonyl (C=O) groups excluding carboxylic acids is 2. The maximum absolute atomic E-state index is 13.7. The maximum atomic E-state index is 13.7. The van der Waals surface area contributed by atoms with Gasteiger partial charge in [-0.15, -0.1) is 0 Å². The van der Waals surface area contributed by atoms with Gasteiger partial charge in [0.05, 0.1) is 11.4 Å². The molecule has 1 aromatic heterocycles. The number of aromatic nitrogens is 1. The molecule has 1 N–H and O–H groups in total. The second-order valence-electron chi connectivity index (χ2n) is 12.1. The number of nitrogens with one attached hydrogen (secondary N) is 1. The molecular formula is C35H33F2N5O3. The summed E-state index contributed by atoms with van der Waals surface area (Å²) in [6.07, 6.45) is 0.984. The number of piperazine rings is 1. The molecule has 2 saturated heterocycles. The van der Waals surface area contributed by atoms with E-state index in [0.717, 1.165) is 23.5 Å². The predicted octanol–water partition coefficient (Wildman–Crippen LogP) is 4.96. The topological polar surface area (TPSA) is 77.9 Å². The van der Waals surface area contributed by atoms with Crippen molar-refractivity contribution in [3.63, 3.8) is 0 Å². The van der Waals surface area contributed by atoms with Gasteiger partial charge in [0.25, 0.3) is 17.4 Å². The molecule has 3 aromatic carbocycles. The molecule has 0 unspecified atom stereocenters. The van der Waals surface area contributed by atoms with Crippen LogP contribution in [0.5, 0.6) is 0 Å². The van der Waals surface area contributed by atoms with Gasteiger partial charge in [-0.1, -0.05) is 6.07 Å². The first-order valence-corrected chi connectivity index (χ1v) is 15.3. The number of halogens is 2. The molecule has 0 spiro atoms. The number of pyridine rings is 1. The third-order valence-corrected chi connectivity index (χ3v) is 9.18. The second-order valence-corrected chi connectivity index (χ2v) is 12.1. The molecule has 2 amide bonds. The summed E-state index contributed by atoms with van der Waals surface area (Å²) >= 11 is 0. The first-order valence-electron chi connectivity index (χ1n) is 15.3. The van der Waals surface area contributed by atoms with Gasteiger partial charge in [0.1, 0.15) is 11.6 Å². The Hall–Kier alpha value is -4.99. The van der Waals surface area contributed by atoms with Gasteiger partial charge in [-0.3, -0.25) is 14.4 Å². The molecule has 2 atom stereocenters. The zero-order chi connectivity index (χ0) is 31.1. The number of anilines is 3. The SMILES string of the molecule is O=C(Nc1cc(C(=O)N2CCN(c3ccc(F)cc3)CC2)ccc1N1C[C@H]2C[C@@H](C1)c1cccc(=O)n1C2)c1ccc(F)cc1. The van der Waals surface area contributed by atoms with Crippen LogP contribution in [-0.2, 0) is 6.54 Å². The molecule has 4 aromatic rings. The summed E-state index contributed by atoms with van der Waals surface area (Å²) in [5.41, 5.74) is 4.01. The summed E-state index contributed by atoms with van der Waals surface area (Å²) in [7, 11) is 0. The lowest BCUT2D eigenvalue weighted by molar-refractivity contribution is 0.0746. The van der Waals surface area contributed by atoms with Crippen LogP contribution in [0, 0.1) is 17.6 Å². The minimum Gasteiger partial charge on any atom is -0.369 e. The summed E-state index contributed by atoms with van der Waals surface area (Å²) in [4.78, 5) is 45.7. The minimum absolute atomic E-state index is 0.0178. The first-order chi connectivity index (χ1) is 21.8. The number of fused-ring (bicyclic) bond motifs is 4. The third-order valence-electron chi connectivity index (χ3n) is 9.18. The number of benzene rings is 3. The molecule has 10 heteroatoms. The lowest BCUT2D eigenvalue weighted by Crippen LogP contribution is -2.49. The summed E-state index contributed by atoms with van der Waals surface area (Å²) in [5.74, 6) is -0.837. The van der Waals surface area contributed by atoms with Gasteiger partial charge < -0.3 is 24.6 Å². The van der Waals surface area contributed by atoms with E-state index in [0.29, 0.717) is 62.6 Å². The number of rotatable bonds is 5. The third kappa shape index (κ3) is 5.80. The molecule has 2 fully saturated rings. The Morgan fingerprint density at radius 2 is 1.42 bits per heavy atom. The Bertz CT molecular complexity index is 1800. The molecule has 230 valence electrons. The van der Waals surface area contributed by atoms with Gasteiger partial charge in [0.15, 0.2) is 0 Å². The molecule has 0 aliphatic carbocycles. The van der Waals surface area contributed by atoms with Crippen molar-refractivity contribution in [3.8, 4) is 0 Å². The lowest BCUT2D eigenvalue weighted by Gasteiger charge is -2.44. The number of amides is 2. The van der Waals surface area contributed by atoms with Crippen LogP contribution in [0.25, 0.3) is 0 Å². The van der Waals surface area contributed by atoms with Crippen molar-refractivity contribution in [1.29, 1.82) is 0 Å². The number of carbonyl (C=O) groups is 2. The average molecular weight is 610 g/mol. The van der Waals surface area contributed by atoms with E-state index in [1.807, 2.05) is 22.8 Å². The normalized spacial score (nSPS) is 19.2. The Labute approximate surface area is 259 Å². The fourth-order valence-electron chi connectivity index (χ4n) is 6.94. The Morgan fingerprint density at radius 1 is 0.733 bits per heavy atom. The van der Waals surface area contributed by atoms with E-state index >= 15 is 0 Å². The molecule has 3 aliphatic rings. The van der Waals surface area contributed by atoms with Crippen LogP contribution in [0.1, 0.15) is 38.7 Å². The fraction of sp³-hybridized carbons (Fsp3) is 0.286. The van der Waals surface area contributed by atoms with Crippen LogP contribution in [0.3, 0.4) is 0 Å². The molecular weight excluding hydrogens is 576 g/mol. The van der Waals surface area contributed by atoms with Crippen molar-refractivity contribution in [2.45, 2.75) is 18.9 Å². The van der Waals surface area contributed by atoms with Crippen molar-refractivity contribution >= 4 is 28.9 Å². The van der Waals surface area contributed by atoms with Crippen molar-refractivity contribution in [2.24, 2.45) is 5.92 Å². The van der Waals surface area contributed by atoms with E-state index in [-0.39, 0.29) is 29.1 Å². The quantitative estimate of drug-likeness (QED) is 0.346. The zero-order valence-electron chi connectivity index (χ0n) is 24.7. The first kappa shape index (κ1) is 28.8. The fourth-order valence-corrected chi connectivity index (χ4v) is 6.94. The summed E-state index contributed by atoms with van der Waals surface area (Å²) in [6, 6.07) is 22.6. The van der Waals surface area contributed by atoms with Gasteiger partial charge in [0.2, 0.25) is 0 Å². The van der Waals surface area contributed by atoms with Crippen LogP contribution >= 0.6 is 0 Å². The average Bonchev–Trinajstić information content (AvgIpc) is 3.05. The largest absolute Gasteiger partial charge is 0.369 e. The molecule has 7 rings (SSSR count). The van der Waals surface area contributed by atoms with Crippen LogP contribution in [0.2, 0.25) is 0 Å². The minimum atomic E-state index is -0.432. The molecule has 0 saturated carbocycles. The van der Waals surface area contributed by atoms with Gasteiger partial charge in [0, 0.05) is 80.3 Å². The number of piperidine rings is 1. The smallest absolute Gasteiger partial charge is 0.255 e. The van der Waals surface area contributed by atoms with Crippen molar-refractivity contribution in [2.75, 3.05) is 54.4 Å². The second kappa shape index (κ2) is 11.8. The van der Waals surface area contributed by atoms with Crippen molar-refractivity contribution in [1.82, 2.24) is 9.47 Å². The van der Waals surface area contributed by atoms with E-state index in [4.69, 9.17) is 0 Å². The van der Waals surface area contributed by atoms with Crippen LogP contribution < -0.4 is 20.7 Å². The molecule has 0 radical (unpaired) electrons.